The fourth-order valence-electron chi connectivity index (χ4n) is 2.11. The summed E-state index contributed by atoms with van der Waals surface area (Å²) in [4.78, 5) is 11.8. The highest BCUT2D eigenvalue weighted by Gasteiger charge is 2.03. The number of amides is 1. The summed E-state index contributed by atoms with van der Waals surface area (Å²) in [7, 11) is 0. The highest BCUT2D eigenvalue weighted by molar-refractivity contribution is 5.78. The number of nitrogens with one attached hydrogen (secondary N) is 1. The molecule has 0 saturated heterocycles. The van der Waals surface area contributed by atoms with Gasteiger partial charge in [0.1, 0.15) is 18.1 Å². The van der Waals surface area contributed by atoms with Crippen LogP contribution in [0.1, 0.15) is 18.1 Å². The zero-order valence-corrected chi connectivity index (χ0v) is 13.7. The molecule has 0 aliphatic rings. The van der Waals surface area contributed by atoms with Gasteiger partial charge in [0.25, 0.3) is 0 Å². The van der Waals surface area contributed by atoms with Crippen LogP contribution in [0.2, 0.25) is 0 Å². The molecule has 0 atom stereocenters. The van der Waals surface area contributed by atoms with Gasteiger partial charge in [-0.25, -0.2) is 0 Å². The zero-order chi connectivity index (χ0) is 16.5. The summed E-state index contributed by atoms with van der Waals surface area (Å²) in [6.07, 6.45) is 0.392. The molecule has 2 aromatic rings. The number of benzene rings is 2. The van der Waals surface area contributed by atoms with E-state index in [-0.39, 0.29) is 5.91 Å². The van der Waals surface area contributed by atoms with Gasteiger partial charge < -0.3 is 14.8 Å². The molecule has 1 N–H and O–H groups in total. The summed E-state index contributed by atoms with van der Waals surface area (Å²) in [5.41, 5.74) is 2.21. The van der Waals surface area contributed by atoms with Gasteiger partial charge in [-0.15, -0.1) is 0 Å². The molecule has 2 aromatic carbocycles. The van der Waals surface area contributed by atoms with Crippen LogP contribution in [0.4, 0.5) is 0 Å². The molecule has 23 heavy (non-hydrogen) atoms. The predicted molar refractivity (Wildman–Crippen MR) is 91.0 cm³/mol. The summed E-state index contributed by atoms with van der Waals surface area (Å²) in [6.45, 7) is 5.55. The molecule has 4 nitrogen and oxygen atoms in total. The molecule has 2 rings (SSSR count). The van der Waals surface area contributed by atoms with Crippen molar-refractivity contribution in [3.8, 4) is 11.5 Å². The number of ether oxygens (including phenoxy) is 2. The van der Waals surface area contributed by atoms with E-state index in [1.54, 1.807) is 0 Å². The van der Waals surface area contributed by atoms with E-state index in [9.17, 15) is 4.79 Å². The molecule has 0 bridgehead atoms. The summed E-state index contributed by atoms with van der Waals surface area (Å²) in [5.74, 6) is 1.59. The van der Waals surface area contributed by atoms with E-state index < -0.39 is 0 Å². The van der Waals surface area contributed by atoms with Gasteiger partial charge in [0.05, 0.1) is 19.6 Å². The Morgan fingerprint density at radius 3 is 2.17 bits per heavy atom. The molecule has 0 saturated carbocycles. The molecule has 4 heteroatoms. The molecular weight excluding hydrogens is 290 g/mol. The van der Waals surface area contributed by atoms with E-state index in [0.29, 0.717) is 26.2 Å². The lowest BCUT2D eigenvalue weighted by Crippen LogP contribution is -2.29. The smallest absolute Gasteiger partial charge is 0.224 e. The van der Waals surface area contributed by atoms with Gasteiger partial charge in [-0.05, 0) is 43.7 Å². The molecule has 0 aliphatic carbocycles. The van der Waals surface area contributed by atoms with Gasteiger partial charge >= 0.3 is 0 Å². The second-order valence-corrected chi connectivity index (χ2v) is 5.27. The highest BCUT2D eigenvalue weighted by atomic mass is 16.5. The average molecular weight is 313 g/mol. The van der Waals surface area contributed by atoms with E-state index >= 15 is 0 Å². The molecule has 0 radical (unpaired) electrons. The summed E-state index contributed by atoms with van der Waals surface area (Å²) in [6, 6.07) is 15.4. The molecule has 0 spiro atoms. The van der Waals surface area contributed by atoms with E-state index in [0.717, 1.165) is 17.1 Å². The number of carbonyl (C=O) groups excluding carboxylic acids is 1. The Kier molecular flexibility index (Phi) is 6.48. The minimum Gasteiger partial charge on any atom is -0.494 e. The van der Waals surface area contributed by atoms with Gasteiger partial charge in [-0.2, -0.15) is 0 Å². The third-order valence-electron chi connectivity index (χ3n) is 3.31. The van der Waals surface area contributed by atoms with Gasteiger partial charge in [-0.3, -0.25) is 4.79 Å². The Morgan fingerprint density at radius 1 is 0.957 bits per heavy atom. The molecule has 0 fully saturated rings. The van der Waals surface area contributed by atoms with Crippen molar-refractivity contribution < 1.29 is 14.3 Å². The van der Waals surface area contributed by atoms with Crippen molar-refractivity contribution in [2.24, 2.45) is 0 Å². The fraction of sp³-hybridized carbons (Fsp3) is 0.316. The first-order chi connectivity index (χ1) is 11.2. The first kappa shape index (κ1) is 16.9. The van der Waals surface area contributed by atoms with Crippen LogP contribution in [0.25, 0.3) is 0 Å². The van der Waals surface area contributed by atoms with Crippen LogP contribution in [-0.2, 0) is 11.2 Å². The monoisotopic (exact) mass is 313 g/mol. The molecule has 0 aliphatic heterocycles. The second-order valence-electron chi connectivity index (χ2n) is 5.27. The third kappa shape index (κ3) is 6.02. The first-order valence-electron chi connectivity index (χ1n) is 7.85. The van der Waals surface area contributed by atoms with E-state index in [1.807, 2.05) is 62.4 Å². The Labute approximate surface area is 137 Å². The number of carbonyl (C=O) groups is 1. The van der Waals surface area contributed by atoms with Crippen LogP contribution in [-0.4, -0.2) is 25.7 Å². The lowest BCUT2D eigenvalue weighted by atomic mass is 10.1. The Balaban J connectivity index is 1.66. The van der Waals surface area contributed by atoms with Gasteiger partial charge in [0, 0.05) is 0 Å². The fourth-order valence-corrected chi connectivity index (χ4v) is 2.11. The normalized spacial score (nSPS) is 10.2. The standard InChI is InChI=1S/C19H23NO3/c1-3-22-17-8-10-18(11-9-17)23-13-12-20-19(21)14-16-6-4-15(2)5-7-16/h4-11H,3,12-14H2,1-2H3,(H,20,21). The third-order valence-corrected chi connectivity index (χ3v) is 3.31. The van der Waals surface area contributed by atoms with Crippen molar-refractivity contribution in [2.45, 2.75) is 20.3 Å². The van der Waals surface area contributed by atoms with Crippen molar-refractivity contribution >= 4 is 5.91 Å². The molecule has 0 heterocycles. The van der Waals surface area contributed by atoms with E-state index in [4.69, 9.17) is 9.47 Å². The minimum atomic E-state index is 0.00384. The van der Waals surface area contributed by atoms with E-state index in [1.165, 1.54) is 5.56 Å². The topological polar surface area (TPSA) is 47.6 Å². The van der Waals surface area contributed by atoms with E-state index in [2.05, 4.69) is 5.32 Å². The van der Waals surface area contributed by atoms with Crippen molar-refractivity contribution in [3.05, 3.63) is 59.7 Å². The van der Waals surface area contributed by atoms with Crippen LogP contribution in [0.3, 0.4) is 0 Å². The lowest BCUT2D eigenvalue weighted by Gasteiger charge is -2.09. The molecule has 1 amide bonds. The van der Waals surface area contributed by atoms with Crippen LogP contribution >= 0.6 is 0 Å². The number of aryl methyl sites for hydroxylation is 1. The number of hydrogen-bond acceptors (Lipinski definition) is 3. The van der Waals surface area contributed by atoms with Crippen molar-refractivity contribution in [1.29, 1.82) is 0 Å². The molecule has 0 unspecified atom stereocenters. The first-order valence-corrected chi connectivity index (χ1v) is 7.85. The van der Waals surface area contributed by atoms with Crippen LogP contribution in [0.5, 0.6) is 11.5 Å². The van der Waals surface area contributed by atoms with Crippen molar-refractivity contribution in [2.75, 3.05) is 19.8 Å². The second kappa shape index (κ2) is 8.83. The van der Waals surface area contributed by atoms with Crippen LogP contribution in [0, 0.1) is 6.92 Å². The molecular formula is C19H23NO3. The average Bonchev–Trinajstić information content (AvgIpc) is 2.55. The number of hydrogen-bond donors (Lipinski definition) is 1. The lowest BCUT2D eigenvalue weighted by molar-refractivity contribution is -0.120. The van der Waals surface area contributed by atoms with Crippen LogP contribution in [0.15, 0.2) is 48.5 Å². The summed E-state index contributed by atoms with van der Waals surface area (Å²) < 4.78 is 11.0. The minimum absolute atomic E-state index is 0.00384. The quantitative estimate of drug-likeness (QED) is 0.762. The largest absolute Gasteiger partial charge is 0.494 e. The van der Waals surface area contributed by atoms with Gasteiger partial charge in [-0.1, -0.05) is 29.8 Å². The van der Waals surface area contributed by atoms with Crippen molar-refractivity contribution in [3.63, 3.8) is 0 Å². The highest BCUT2D eigenvalue weighted by Crippen LogP contribution is 2.17. The maximum absolute atomic E-state index is 11.8. The SMILES string of the molecule is CCOc1ccc(OCCNC(=O)Cc2ccc(C)cc2)cc1. The zero-order valence-electron chi connectivity index (χ0n) is 13.7. The predicted octanol–water partition coefficient (Wildman–Crippen LogP) is 3.13. The maximum Gasteiger partial charge on any atom is 0.224 e. The summed E-state index contributed by atoms with van der Waals surface area (Å²) in [5, 5.41) is 2.86. The van der Waals surface area contributed by atoms with Gasteiger partial charge in [0.15, 0.2) is 0 Å². The molecule has 0 aromatic heterocycles. The Morgan fingerprint density at radius 2 is 1.57 bits per heavy atom. The summed E-state index contributed by atoms with van der Waals surface area (Å²) >= 11 is 0. The van der Waals surface area contributed by atoms with Gasteiger partial charge in [0.2, 0.25) is 5.91 Å². The number of rotatable bonds is 8. The van der Waals surface area contributed by atoms with Crippen molar-refractivity contribution in [1.82, 2.24) is 5.32 Å². The maximum atomic E-state index is 11.8. The molecule has 122 valence electrons. The van der Waals surface area contributed by atoms with Crippen LogP contribution < -0.4 is 14.8 Å². The Bertz CT molecular complexity index is 606. The Hall–Kier alpha value is -2.49.